The standard InChI is InChI=1S/C41H32O27/c42-15-1-10(2-16(43)26(15)51)35(56)62-9-22-31-33(66-36(57)11-3-17(44)27(52)18(45)4-11)34(41(63-22)68-37(58)12-5-19(46)28(53)20(47)6-12)67-38(59)13-7-21(48)29(54)32-25(13)24(30(55)40(61)65-32)14(8-23(49)50)39(60)64-31/h1-7,14,22,24,30-31,33-34,41-48,51-55H,8-9H2,(H,49,50)/t14-,22+,24-,30-,31?,33-,34?,41-/m0/s1. The number of carbonyl (C=O) groups excluding carboxylic acids is 6. The van der Waals surface area contributed by atoms with Crippen molar-refractivity contribution in [2.24, 2.45) is 5.92 Å². The summed E-state index contributed by atoms with van der Waals surface area (Å²) in [6.45, 7) is -1.28. The lowest BCUT2D eigenvalue weighted by atomic mass is 9.76. The summed E-state index contributed by atoms with van der Waals surface area (Å²) in [5.41, 5.74) is -4.15. The largest absolute Gasteiger partial charge is 0.504 e. The monoisotopic (exact) mass is 956 g/mol. The Balaban J connectivity index is 1.44. The number of ether oxygens (including phenoxy) is 7. The van der Waals surface area contributed by atoms with E-state index in [1.54, 1.807) is 0 Å². The summed E-state index contributed by atoms with van der Waals surface area (Å²) in [5, 5.41) is 133. The Kier molecular flexibility index (Phi) is 12.2. The van der Waals surface area contributed by atoms with Gasteiger partial charge in [0, 0.05) is 11.5 Å². The second-order valence-electron chi connectivity index (χ2n) is 14.9. The Morgan fingerprint density at radius 3 is 1.54 bits per heavy atom. The van der Waals surface area contributed by atoms with Crippen LogP contribution >= 0.6 is 0 Å². The van der Waals surface area contributed by atoms with E-state index in [2.05, 4.69) is 0 Å². The molecule has 1 saturated heterocycles. The van der Waals surface area contributed by atoms with Crippen molar-refractivity contribution >= 4 is 41.8 Å². The molecule has 4 aromatic rings. The topological polar surface area (TPSA) is 447 Å². The van der Waals surface area contributed by atoms with Crippen LogP contribution < -0.4 is 4.74 Å². The zero-order valence-corrected chi connectivity index (χ0v) is 33.6. The molecule has 8 atom stereocenters. The molecular formula is C41H32O27. The number of benzene rings is 4. The fraction of sp³-hybridized carbons (Fsp3) is 0.244. The van der Waals surface area contributed by atoms with Gasteiger partial charge in [-0.05, 0) is 42.5 Å². The van der Waals surface area contributed by atoms with Crippen molar-refractivity contribution in [1.29, 1.82) is 0 Å². The predicted octanol–water partition coefficient (Wildman–Crippen LogP) is 0.0179. The number of aliphatic carboxylic acids is 1. The Morgan fingerprint density at radius 1 is 0.574 bits per heavy atom. The maximum atomic E-state index is 14.5. The van der Waals surface area contributed by atoms with Crippen LogP contribution in [-0.2, 0) is 42.8 Å². The highest BCUT2D eigenvalue weighted by atomic mass is 16.7. The molecule has 3 aliphatic rings. The number of aliphatic hydroxyl groups is 1. The molecule has 0 saturated carbocycles. The molecule has 0 radical (unpaired) electrons. The molecule has 27 nitrogen and oxygen atoms in total. The van der Waals surface area contributed by atoms with Crippen molar-refractivity contribution in [1.82, 2.24) is 0 Å². The van der Waals surface area contributed by atoms with E-state index in [4.69, 9.17) is 33.2 Å². The average molecular weight is 957 g/mol. The van der Waals surface area contributed by atoms with Crippen LogP contribution in [0.15, 0.2) is 42.5 Å². The number of carboxylic acids is 1. The van der Waals surface area contributed by atoms with Crippen LogP contribution in [0.4, 0.5) is 0 Å². The number of phenols is 11. The maximum absolute atomic E-state index is 14.5. The number of aliphatic hydroxyl groups excluding tert-OH is 1. The third kappa shape index (κ3) is 8.58. The molecule has 27 heteroatoms. The van der Waals surface area contributed by atoms with E-state index in [9.17, 15) is 99.9 Å². The molecule has 7 rings (SSSR count). The normalized spacial score (nSPS) is 23.0. The Hall–Kier alpha value is -9.11. The van der Waals surface area contributed by atoms with Gasteiger partial charge in [-0.25, -0.2) is 24.0 Å². The SMILES string of the molecule is O=C(O)C[C@@H]1C(=O)OC2[C@H](OC(=O)c3cc(O)c(O)c(O)c3)C(OC(=O)c3cc(O)c(O)c4c3[C@H]1[C@H](O)C(=O)O4)[C@H](OC(=O)c1cc(O)c(O)c(O)c1)O[C@@H]2COC(=O)c1cc(O)c(O)c(O)c1. The van der Waals surface area contributed by atoms with Crippen LogP contribution in [0.2, 0.25) is 0 Å². The summed E-state index contributed by atoms with van der Waals surface area (Å²) in [4.78, 5) is 95.4. The highest BCUT2D eigenvalue weighted by Gasteiger charge is 2.57. The molecule has 3 heterocycles. The van der Waals surface area contributed by atoms with E-state index in [0.29, 0.717) is 42.5 Å². The summed E-state index contributed by atoms with van der Waals surface area (Å²) in [5.74, 6) is -29.8. The Morgan fingerprint density at radius 2 is 1.04 bits per heavy atom. The third-order valence-corrected chi connectivity index (χ3v) is 10.6. The summed E-state index contributed by atoms with van der Waals surface area (Å²) in [6.07, 6.45) is -16.3. The average Bonchev–Trinajstić information content (AvgIpc) is 3.28. The first-order valence-electron chi connectivity index (χ1n) is 19.1. The summed E-state index contributed by atoms with van der Waals surface area (Å²) in [6, 6.07) is 3.84. The number of phenolic OH excluding ortho intramolecular Hbond substituents is 11. The van der Waals surface area contributed by atoms with Gasteiger partial charge < -0.3 is 99.5 Å². The van der Waals surface area contributed by atoms with Crippen LogP contribution in [0.25, 0.3) is 0 Å². The lowest BCUT2D eigenvalue weighted by Crippen LogP contribution is -2.63. The number of carboxylic acid groups (broad SMARTS) is 1. The van der Waals surface area contributed by atoms with Gasteiger partial charge in [-0.15, -0.1) is 0 Å². The van der Waals surface area contributed by atoms with Crippen molar-refractivity contribution in [2.75, 3.05) is 6.61 Å². The van der Waals surface area contributed by atoms with Gasteiger partial charge >= 0.3 is 41.8 Å². The molecule has 1 fully saturated rings. The smallest absolute Gasteiger partial charge is 0.341 e. The first-order chi connectivity index (χ1) is 32.0. The molecule has 0 spiro atoms. The van der Waals surface area contributed by atoms with E-state index >= 15 is 0 Å². The lowest BCUT2D eigenvalue weighted by Gasteiger charge is -2.44. The van der Waals surface area contributed by atoms with Gasteiger partial charge in [0.2, 0.25) is 18.1 Å². The number of aromatic hydroxyl groups is 11. The van der Waals surface area contributed by atoms with Crippen LogP contribution in [0.5, 0.6) is 69.0 Å². The molecule has 68 heavy (non-hydrogen) atoms. The molecule has 2 unspecified atom stereocenters. The van der Waals surface area contributed by atoms with Crippen LogP contribution in [0.3, 0.4) is 0 Å². The van der Waals surface area contributed by atoms with Gasteiger partial charge in [0.15, 0.2) is 81.6 Å². The minimum Gasteiger partial charge on any atom is -0.504 e. The number of hydrogen-bond acceptors (Lipinski definition) is 26. The molecular weight excluding hydrogens is 924 g/mol. The fourth-order valence-corrected chi connectivity index (χ4v) is 7.37. The summed E-state index contributed by atoms with van der Waals surface area (Å²) in [7, 11) is 0. The minimum atomic E-state index is -2.57. The highest BCUT2D eigenvalue weighted by molar-refractivity contribution is 5.98. The second kappa shape index (κ2) is 17.7. The fourth-order valence-electron chi connectivity index (χ4n) is 7.37. The van der Waals surface area contributed by atoms with Gasteiger partial charge in [0.25, 0.3) is 0 Å². The first kappa shape index (κ1) is 46.9. The zero-order valence-electron chi connectivity index (χ0n) is 33.6. The molecule has 3 aliphatic heterocycles. The maximum Gasteiger partial charge on any atom is 0.341 e. The van der Waals surface area contributed by atoms with Gasteiger partial charge in [0.05, 0.1) is 34.6 Å². The summed E-state index contributed by atoms with van der Waals surface area (Å²) < 4.78 is 38.6. The van der Waals surface area contributed by atoms with Crippen molar-refractivity contribution in [3.63, 3.8) is 0 Å². The van der Waals surface area contributed by atoms with Gasteiger partial charge in [0.1, 0.15) is 12.7 Å². The van der Waals surface area contributed by atoms with E-state index < -0.39 is 200 Å². The lowest BCUT2D eigenvalue weighted by molar-refractivity contribution is -0.287. The number of carbonyl (C=O) groups is 7. The molecule has 0 aliphatic carbocycles. The third-order valence-electron chi connectivity index (χ3n) is 10.6. The van der Waals surface area contributed by atoms with Gasteiger partial charge in [-0.3, -0.25) is 9.59 Å². The molecule has 2 bridgehead atoms. The van der Waals surface area contributed by atoms with E-state index in [-0.39, 0.29) is 0 Å². The molecule has 4 aromatic carbocycles. The van der Waals surface area contributed by atoms with Gasteiger partial charge in [-0.1, -0.05) is 0 Å². The summed E-state index contributed by atoms with van der Waals surface area (Å²) >= 11 is 0. The first-order valence-corrected chi connectivity index (χ1v) is 19.1. The van der Waals surface area contributed by atoms with Crippen molar-refractivity contribution in [2.45, 2.75) is 49.1 Å². The Labute approximate surface area is 375 Å². The quantitative estimate of drug-likeness (QED) is 0.0455. The highest BCUT2D eigenvalue weighted by Crippen LogP contribution is 2.51. The minimum absolute atomic E-state index is 0.449. The van der Waals surface area contributed by atoms with E-state index in [1.807, 2.05) is 0 Å². The number of fused-ring (bicyclic) bond motifs is 2. The Bertz CT molecular complexity index is 2750. The number of esters is 6. The van der Waals surface area contributed by atoms with Crippen LogP contribution in [0.1, 0.15) is 59.3 Å². The van der Waals surface area contributed by atoms with Gasteiger partial charge in [-0.2, -0.15) is 0 Å². The predicted molar refractivity (Wildman–Crippen MR) is 207 cm³/mol. The molecule has 13 N–H and O–H groups in total. The van der Waals surface area contributed by atoms with Crippen molar-refractivity contribution in [3.05, 3.63) is 70.3 Å². The number of hydrogen-bond donors (Lipinski definition) is 13. The molecule has 358 valence electrons. The van der Waals surface area contributed by atoms with E-state index in [0.717, 1.165) is 0 Å². The van der Waals surface area contributed by atoms with Crippen molar-refractivity contribution in [3.8, 4) is 69.0 Å². The number of rotatable bonds is 9. The second-order valence-corrected chi connectivity index (χ2v) is 14.9. The zero-order chi connectivity index (χ0) is 49.8. The van der Waals surface area contributed by atoms with Crippen molar-refractivity contribution < 1.29 is 133 Å². The van der Waals surface area contributed by atoms with Crippen LogP contribution in [0, 0.1) is 5.92 Å². The van der Waals surface area contributed by atoms with E-state index in [1.165, 1.54) is 0 Å². The molecule has 0 aromatic heterocycles. The molecule has 0 amide bonds. The van der Waals surface area contributed by atoms with Crippen LogP contribution in [-0.4, -0.2) is 152 Å².